The molecule has 2 aromatic rings. The maximum Gasteiger partial charge on any atom is 0.273 e. The van der Waals surface area contributed by atoms with E-state index in [1.807, 2.05) is 0 Å². The number of halogens is 1. The molecule has 1 aromatic carbocycles. The number of carbonyl (C=O) groups is 1. The van der Waals surface area contributed by atoms with Gasteiger partial charge in [0.25, 0.3) is 5.69 Å². The number of nitro groups is 1. The Morgan fingerprint density at radius 2 is 2.32 bits per heavy atom. The lowest BCUT2D eigenvalue weighted by Crippen LogP contribution is -2.24. The SMILES string of the molecule is CC(Cn1cc(Cl)cn1)C(=O)Nc1ccc([N+](=O)[O-])cc1O. The lowest BCUT2D eigenvalue weighted by molar-refractivity contribution is -0.384. The van der Waals surface area contributed by atoms with E-state index < -0.39 is 10.8 Å². The summed E-state index contributed by atoms with van der Waals surface area (Å²) >= 11 is 5.74. The number of rotatable bonds is 5. The van der Waals surface area contributed by atoms with Crippen molar-refractivity contribution in [3.63, 3.8) is 0 Å². The highest BCUT2D eigenvalue weighted by Gasteiger charge is 2.17. The lowest BCUT2D eigenvalue weighted by atomic mass is 10.1. The third-order valence-electron chi connectivity index (χ3n) is 2.96. The third-order valence-corrected chi connectivity index (χ3v) is 3.16. The number of benzene rings is 1. The molecule has 0 spiro atoms. The van der Waals surface area contributed by atoms with Crippen molar-refractivity contribution in [1.82, 2.24) is 9.78 Å². The highest BCUT2D eigenvalue weighted by molar-refractivity contribution is 6.30. The summed E-state index contributed by atoms with van der Waals surface area (Å²) in [6.07, 6.45) is 3.06. The molecule has 9 heteroatoms. The molecule has 1 unspecified atom stereocenters. The van der Waals surface area contributed by atoms with Crippen LogP contribution < -0.4 is 5.32 Å². The van der Waals surface area contributed by atoms with Gasteiger partial charge in [-0.2, -0.15) is 5.10 Å². The molecule has 0 saturated carbocycles. The Bertz CT molecular complexity index is 716. The van der Waals surface area contributed by atoms with Gasteiger partial charge in [-0.1, -0.05) is 18.5 Å². The average molecular weight is 325 g/mol. The van der Waals surface area contributed by atoms with E-state index in [9.17, 15) is 20.0 Å². The Morgan fingerprint density at radius 1 is 1.59 bits per heavy atom. The molecule has 22 heavy (non-hydrogen) atoms. The summed E-state index contributed by atoms with van der Waals surface area (Å²) in [4.78, 5) is 22.0. The first kappa shape index (κ1) is 15.8. The standard InChI is InChI=1S/C13H13ClN4O4/c1-8(6-17-7-9(14)5-15-17)13(20)16-11-3-2-10(18(21)22)4-12(11)19/h2-5,7-8,19H,6H2,1H3,(H,16,20). The van der Waals surface area contributed by atoms with E-state index in [4.69, 9.17) is 11.6 Å². The quantitative estimate of drug-likeness (QED) is 0.498. The second-order valence-corrected chi connectivity index (χ2v) is 5.17. The lowest BCUT2D eigenvalue weighted by Gasteiger charge is -2.13. The van der Waals surface area contributed by atoms with Crippen LogP contribution in [0.25, 0.3) is 0 Å². The van der Waals surface area contributed by atoms with Gasteiger partial charge in [-0.15, -0.1) is 0 Å². The molecule has 0 bridgehead atoms. The van der Waals surface area contributed by atoms with Crippen LogP contribution in [0.3, 0.4) is 0 Å². The molecule has 0 radical (unpaired) electrons. The number of phenolic OH excluding ortho intramolecular Hbond substituents is 1. The van der Waals surface area contributed by atoms with Crippen LogP contribution in [0.15, 0.2) is 30.6 Å². The maximum atomic E-state index is 12.1. The van der Waals surface area contributed by atoms with Crippen molar-refractivity contribution in [1.29, 1.82) is 0 Å². The smallest absolute Gasteiger partial charge is 0.273 e. The minimum absolute atomic E-state index is 0.112. The molecule has 0 saturated heterocycles. The highest BCUT2D eigenvalue weighted by atomic mass is 35.5. The van der Waals surface area contributed by atoms with E-state index in [-0.39, 0.29) is 23.0 Å². The molecule has 1 aromatic heterocycles. The fraction of sp³-hybridized carbons (Fsp3) is 0.231. The Morgan fingerprint density at radius 3 is 2.86 bits per heavy atom. The van der Waals surface area contributed by atoms with Crippen LogP contribution in [-0.4, -0.2) is 25.7 Å². The topological polar surface area (TPSA) is 110 Å². The number of nitrogens with zero attached hydrogens (tertiary/aromatic N) is 3. The monoisotopic (exact) mass is 324 g/mol. The molecular weight excluding hydrogens is 312 g/mol. The molecule has 0 aliphatic carbocycles. The Hall–Kier alpha value is -2.61. The number of hydrogen-bond acceptors (Lipinski definition) is 5. The van der Waals surface area contributed by atoms with Gasteiger partial charge in [0.2, 0.25) is 5.91 Å². The maximum absolute atomic E-state index is 12.1. The van der Waals surface area contributed by atoms with Crippen molar-refractivity contribution in [3.8, 4) is 5.75 Å². The summed E-state index contributed by atoms with van der Waals surface area (Å²) in [5.41, 5.74) is -0.143. The van der Waals surface area contributed by atoms with Crippen LogP contribution in [0, 0.1) is 16.0 Å². The number of nitro benzene ring substituents is 1. The van der Waals surface area contributed by atoms with Gasteiger partial charge in [0.15, 0.2) is 0 Å². The molecule has 0 aliphatic rings. The Labute approximate surface area is 130 Å². The normalized spacial score (nSPS) is 11.9. The number of anilines is 1. The molecule has 116 valence electrons. The van der Waals surface area contributed by atoms with E-state index in [1.165, 1.54) is 23.0 Å². The van der Waals surface area contributed by atoms with Crippen LogP contribution in [0.1, 0.15) is 6.92 Å². The molecule has 1 atom stereocenters. The minimum Gasteiger partial charge on any atom is -0.506 e. The first-order valence-corrected chi connectivity index (χ1v) is 6.71. The van der Waals surface area contributed by atoms with Crippen molar-refractivity contribution in [3.05, 3.63) is 45.7 Å². The number of aromatic nitrogens is 2. The minimum atomic E-state index is -0.630. The summed E-state index contributed by atoms with van der Waals surface area (Å²) < 4.78 is 1.53. The van der Waals surface area contributed by atoms with Crippen molar-refractivity contribution in [2.45, 2.75) is 13.5 Å². The van der Waals surface area contributed by atoms with E-state index in [0.717, 1.165) is 6.07 Å². The molecule has 8 nitrogen and oxygen atoms in total. The van der Waals surface area contributed by atoms with Gasteiger partial charge < -0.3 is 10.4 Å². The van der Waals surface area contributed by atoms with Crippen LogP contribution in [-0.2, 0) is 11.3 Å². The summed E-state index contributed by atoms with van der Waals surface area (Å²) in [6, 6.07) is 3.46. The van der Waals surface area contributed by atoms with Gasteiger partial charge in [-0.25, -0.2) is 0 Å². The van der Waals surface area contributed by atoms with E-state index in [2.05, 4.69) is 10.4 Å². The predicted octanol–water partition coefficient (Wildman–Crippen LogP) is 2.43. The number of non-ortho nitro benzene ring substituents is 1. The number of nitrogens with one attached hydrogen (secondary N) is 1. The van der Waals surface area contributed by atoms with Crippen molar-refractivity contribution in [2.24, 2.45) is 5.92 Å². The van der Waals surface area contributed by atoms with Gasteiger partial charge in [-0.05, 0) is 6.07 Å². The van der Waals surface area contributed by atoms with E-state index in [0.29, 0.717) is 11.6 Å². The molecule has 0 fully saturated rings. The largest absolute Gasteiger partial charge is 0.506 e. The number of aromatic hydroxyl groups is 1. The van der Waals surface area contributed by atoms with E-state index in [1.54, 1.807) is 13.1 Å². The zero-order valence-corrected chi connectivity index (χ0v) is 12.3. The van der Waals surface area contributed by atoms with Crippen LogP contribution >= 0.6 is 11.6 Å². The molecule has 2 rings (SSSR count). The van der Waals surface area contributed by atoms with Crippen LogP contribution in [0.2, 0.25) is 5.02 Å². The zero-order chi connectivity index (χ0) is 16.3. The Balaban J connectivity index is 2.03. The molecule has 1 heterocycles. The Kier molecular flexibility index (Phi) is 4.62. The van der Waals surface area contributed by atoms with Crippen LogP contribution in [0.5, 0.6) is 5.75 Å². The van der Waals surface area contributed by atoms with Gasteiger partial charge in [0.1, 0.15) is 5.75 Å². The summed E-state index contributed by atoms with van der Waals surface area (Å²) in [5, 5.41) is 27.3. The fourth-order valence-electron chi connectivity index (χ4n) is 1.80. The van der Waals surface area contributed by atoms with Crippen molar-refractivity contribution < 1.29 is 14.8 Å². The summed E-state index contributed by atoms with van der Waals surface area (Å²) in [6.45, 7) is 2.00. The van der Waals surface area contributed by atoms with Gasteiger partial charge in [0, 0.05) is 12.3 Å². The summed E-state index contributed by atoms with van der Waals surface area (Å²) in [7, 11) is 0. The predicted molar refractivity (Wildman–Crippen MR) is 79.8 cm³/mol. The first-order valence-electron chi connectivity index (χ1n) is 6.33. The average Bonchev–Trinajstić information content (AvgIpc) is 2.85. The number of amides is 1. The molecular formula is C13H13ClN4O4. The highest BCUT2D eigenvalue weighted by Crippen LogP contribution is 2.28. The summed E-state index contributed by atoms with van der Waals surface area (Å²) in [5.74, 6) is -1.15. The number of carbonyl (C=O) groups excluding carboxylic acids is 1. The fourth-order valence-corrected chi connectivity index (χ4v) is 1.95. The van der Waals surface area contributed by atoms with Gasteiger partial charge in [0.05, 0.1) is 40.4 Å². The molecule has 2 N–H and O–H groups in total. The van der Waals surface area contributed by atoms with Crippen molar-refractivity contribution in [2.75, 3.05) is 5.32 Å². The third kappa shape index (κ3) is 3.73. The second kappa shape index (κ2) is 6.44. The zero-order valence-electron chi connectivity index (χ0n) is 11.6. The number of hydrogen-bond donors (Lipinski definition) is 2. The van der Waals surface area contributed by atoms with Crippen molar-refractivity contribution >= 4 is 28.9 Å². The number of phenols is 1. The molecule has 1 amide bonds. The molecule has 0 aliphatic heterocycles. The van der Waals surface area contributed by atoms with Gasteiger partial charge in [-0.3, -0.25) is 19.6 Å². The first-order chi connectivity index (χ1) is 10.4. The van der Waals surface area contributed by atoms with Gasteiger partial charge >= 0.3 is 0 Å². The van der Waals surface area contributed by atoms with Crippen LogP contribution in [0.4, 0.5) is 11.4 Å². The van der Waals surface area contributed by atoms with E-state index >= 15 is 0 Å². The second-order valence-electron chi connectivity index (χ2n) is 4.73.